The number of rotatable bonds is 4. The minimum Gasteiger partial charge on any atom is -0.383 e. The lowest BCUT2D eigenvalue weighted by Gasteiger charge is -2.09. The lowest BCUT2D eigenvalue weighted by molar-refractivity contribution is -0.119. The molecular formula is C12H14ClN3O2. The molecule has 1 aromatic rings. The van der Waals surface area contributed by atoms with Crippen molar-refractivity contribution in [1.29, 1.82) is 0 Å². The number of Topliss-reactive ketones (excluding diaryl/α,β-unsaturated/α-hetero) is 1. The molecule has 1 heterocycles. The highest BCUT2D eigenvalue weighted by Crippen LogP contribution is 2.11. The first-order valence-electron chi connectivity index (χ1n) is 5.22. The Morgan fingerprint density at radius 1 is 1.39 bits per heavy atom. The van der Waals surface area contributed by atoms with E-state index in [0.717, 1.165) is 0 Å². The number of nitrogens with one attached hydrogen (secondary N) is 1. The fourth-order valence-corrected chi connectivity index (χ4v) is 1.31. The summed E-state index contributed by atoms with van der Waals surface area (Å²) in [6.45, 7) is 1.34. The van der Waals surface area contributed by atoms with E-state index in [1.54, 1.807) is 31.1 Å². The lowest BCUT2D eigenvalue weighted by atomic mass is 10.2. The zero-order valence-corrected chi connectivity index (χ0v) is 11.2. The molecule has 0 unspecified atom stereocenters. The van der Waals surface area contributed by atoms with Gasteiger partial charge in [0.05, 0.1) is 10.6 Å². The van der Waals surface area contributed by atoms with Crippen LogP contribution >= 0.6 is 11.6 Å². The molecule has 18 heavy (non-hydrogen) atoms. The fourth-order valence-electron chi connectivity index (χ4n) is 1.20. The molecule has 1 amide bonds. The monoisotopic (exact) mass is 267 g/mol. The van der Waals surface area contributed by atoms with Crippen LogP contribution in [0.25, 0.3) is 0 Å². The first-order valence-corrected chi connectivity index (χ1v) is 5.60. The average molecular weight is 268 g/mol. The molecule has 1 rings (SSSR count). The van der Waals surface area contributed by atoms with Crippen LogP contribution in [0.2, 0.25) is 5.02 Å². The van der Waals surface area contributed by atoms with Crippen LogP contribution < -0.4 is 5.32 Å². The highest BCUT2D eigenvalue weighted by atomic mass is 35.5. The molecule has 96 valence electrons. The lowest BCUT2D eigenvalue weighted by Crippen LogP contribution is -2.21. The van der Waals surface area contributed by atoms with E-state index in [9.17, 15) is 9.59 Å². The molecule has 0 aliphatic carbocycles. The Labute approximate surface area is 110 Å². The van der Waals surface area contributed by atoms with Crippen LogP contribution in [0.3, 0.4) is 0 Å². The molecule has 0 aliphatic heterocycles. The second-order valence-corrected chi connectivity index (χ2v) is 4.31. The quantitative estimate of drug-likeness (QED) is 0.512. The molecule has 0 aliphatic rings. The first kappa shape index (κ1) is 14.2. The Morgan fingerprint density at radius 2 is 2.06 bits per heavy atom. The van der Waals surface area contributed by atoms with Gasteiger partial charge < -0.3 is 10.2 Å². The van der Waals surface area contributed by atoms with Crippen molar-refractivity contribution in [1.82, 2.24) is 9.88 Å². The number of carbonyl (C=O) groups excluding carboxylic acids is 2. The number of ketones is 1. The van der Waals surface area contributed by atoms with Gasteiger partial charge in [0.15, 0.2) is 5.78 Å². The summed E-state index contributed by atoms with van der Waals surface area (Å²) in [7, 11) is 3.47. The molecule has 0 fully saturated rings. The van der Waals surface area contributed by atoms with E-state index in [1.807, 2.05) is 0 Å². The summed E-state index contributed by atoms with van der Waals surface area (Å²) in [5.74, 6) is -0.462. The number of amides is 1. The molecule has 0 bridgehead atoms. The van der Waals surface area contributed by atoms with E-state index < -0.39 is 5.91 Å². The largest absolute Gasteiger partial charge is 0.383 e. The maximum atomic E-state index is 11.9. The Morgan fingerprint density at radius 3 is 2.50 bits per heavy atom. The molecule has 1 aromatic heterocycles. The number of pyridine rings is 1. The van der Waals surface area contributed by atoms with Gasteiger partial charge >= 0.3 is 0 Å². The third-order valence-corrected chi connectivity index (χ3v) is 2.20. The van der Waals surface area contributed by atoms with Crippen LogP contribution in [0.1, 0.15) is 6.92 Å². The molecule has 0 radical (unpaired) electrons. The van der Waals surface area contributed by atoms with Crippen LogP contribution in [0.5, 0.6) is 0 Å². The molecule has 5 nitrogen and oxygen atoms in total. The zero-order valence-electron chi connectivity index (χ0n) is 10.4. The van der Waals surface area contributed by atoms with E-state index >= 15 is 0 Å². The topological polar surface area (TPSA) is 62.3 Å². The summed E-state index contributed by atoms with van der Waals surface area (Å²) in [6, 6.07) is 3.17. The standard InChI is InChI=1S/C12H14ClN3O2/c1-8(17)10(7-16(2)3)12(18)15-11-5-4-9(13)6-14-11/h4-7H,1-3H3,(H,14,15,18). The number of carbonyl (C=O) groups is 2. The number of hydrogen-bond acceptors (Lipinski definition) is 4. The smallest absolute Gasteiger partial charge is 0.261 e. The maximum Gasteiger partial charge on any atom is 0.261 e. The van der Waals surface area contributed by atoms with Crippen molar-refractivity contribution in [3.05, 3.63) is 35.1 Å². The number of hydrogen-bond donors (Lipinski definition) is 1. The highest BCUT2D eigenvalue weighted by Gasteiger charge is 2.15. The van der Waals surface area contributed by atoms with E-state index in [2.05, 4.69) is 10.3 Å². The van der Waals surface area contributed by atoms with Crippen LogP contribution in [-0.4, -0.2) is 35.7 Å². The molecule has 6 heteroatoms. The number of nitrogens with zero attached hydrogens (tertiary/aromatic N) is 2. The number of anilines is 1. The van der Waals surface area contributed by atoms with Crippen molar-refractivity contribution in [2.24, 2.45) is 0 Å². The fraction of sp³-hybridized carbons (Fsp3) is 0.250. The van der Waals surface area contributed by atoms with Crippen molar-refractivity contribution in [2.45, 2.75) is 6.92 Å². The van der Waals surface area contributed by atoms with Gasteiger partial charge in [-0.25, -0.2) is 4.98 Å². The van der Waals surface area contributed by atoms with Crippen molar-refractivity contribution < 1.29 is 9.59 Å². The molecule has 0 atom stereocenters. The zero-order chi connectivity index (χ0) is 13.7. The van der Waals surface area contributed by atoms with Gasteiger partial charge in [-0.05, 0) is 19.1 Å². The van der Waals surface area contributed by atoms with Crippen molar-refractivity contribution in [2.75, 3.05) is 19.4 Å². The van der Waals surface area contributed by atoms with Gasteiger partial charge in [-0.15, -0.1) is 0 Å². The third kappa shape index (κ3) is 4.18. The summed E-state index contributed by atoms with van der Waals surface area (Å²) in [4.78, 5) is 28.8. The third-order valence-electron chi connectivity index (χ3n) is 1.98. The van der Waals surface area contributed by atoms with Gasteiger partial charge in [-0.3, -0.25) is 9.59 Å². The first-order chi connectivity index (χ1) is 8.40. The van der Waals surface area contributed by atoms with Gasteiger partial charge in [0.25, 0.3) is 5.91 Å². The molecule has 0 saturated carbocycles. The summed E-state index contributed by atoms with van der Waals surface area (Å²) in [5.41, 5.74) is 0.0664. The van der Waals surface area contributed by atoms with Crippen LogP contribution in [0.15, 0.2) is 30.1 Å². The van der Waals surface area contributed by atoms with Gasteiger partial charge in [0.2, 0.25) is 0 Å². The molecule has 0 saturated heterocycles. The second-order valence-electron chi connectivity index (χ2n) is 3.88. The summed E-state index contributed by atoms with van der Waals surface area (Å²) in [6.07, 6.45) is 2.88. The Balaban J connectivity index is 2.86. The van der Waals surface area contributed by atoms with Crippen LogP contribution in [0, 0.1) is 0 Å². The van der Waals surface area contributed by atoms with Crippen LogP contribution in [0.4, 0.5) is 5.82 Å². The molecule has 0 spiro atoms. The van der Waals surface area contributed by atoms with Crippen molar-refractivity contribution in [3.8, 4) is 0 Å². The average Bonchev–Trinajstić information content (AvgIpc) is 2.28. The Bertz CT molecular complexity index is 481. The van der Waals surface area contributed by atoms with Crippen LogP contribution in [-0.2, 0) is 9.59 Å². The summed E-state index contributed by atoms with van der Waals surface area (Å²) in [5, 5.41) is 3.01. The number of aromatic nitrogens is 1. The normalized spacial score (nSPS) is 11.0. The molecule has 1 N–H and O–H groups in total. The maximum absolute atomic E-state index is 11.9. The Kier molecular flexibility index (Phi) is 4.85. The van der Waals surface area contributed by atoms with Gasteiger partial charge in [-0.1, -0.05) is 11.6 Å². The predicted molar refractivity (Wildman–Crippen MR) is 70.3 cm³/mol. The second kappa shape index (κ2) is 6.16. The van der Waals surface area contributed by atoms with Crippen molar-refractivity contribution >= 4 is 29.1 Å². The predicted octanol–water partition coefficient (Wildman–Crippen LogP) is 1.71. The summed E-state index contributed by atoms with van der Waals surface area (Å²) < 4.78 is 0. The van der Waals surface area contributed by atoms with Gasteiger partial charge in [-0.2, -0.15) is 0 Å². The van der Waals surface area contributed by atoms with E-state index in [4.69, 9.17) is 11.6 Å². The molecular weight excluding hydrogens is 254 g/mol. The minimum atomic E-state index is -0.494. The minimum absolute atomic E-state index is 0.0664. The highest BCUT2D eigenvalue weighted by molar-refractivity contribution is 6.30. The number of halogens is 1. The Hall–Kier alpha value is -1.88. The van der Waals surface area contributed by atoms with E-state index in [-0.39, 0.29) is 11.4 Å². The SMILES string of the molecule is CC(=O)C(=CN(C)C)C(=O)Nc1ccc(Cl)cn1. The van der Waals surface area contributed by atoms with Gasteiger partial charge in [0.1, 0.15) is 5.82 Å². The van der Waals surface area contributed by atoms with Gasteiger partial charge in [0, 0.05) is 26.5 Å². The molecule has 0 aromatic carbocycles. The van der Waals surface area contributed by atoms with E-state index in [0.29, 0.717) is 10.8 Å². The van der Waals surface area contributed by atoms with Crippen molar-refractivity contribution in [3.63, 3.8) is 0 Å². The summed E-state index contributed by atoms with van der Waals surface area (Å²) >= 11 is 5.68. The van der Waals surface area contributed by atoms with E-state index in [1.165, 1.54) is 19.3 Å².